The molecule has 1 aromatic heterocycles. The summed E-state index contributed by atoms with van der Waals surface area (Å²) in [5, 5.41) is 18.8. The molecule has 0 spiro atoms. The Morgan fingerprint density at radius 3 is 1.73 bits per heavy atom. The summed E-state index contributed by atoms with van der Waals surface area (Å²) in [5.74, 6) is 0. The Labute approximate surface area is 294 Å². The quantitative estimate of drug-likeness (QED) is 0.0483. The summed E-state index contributed by atoms with van der Waals surface area (Å²) in [6.45, 7) is 41.1. The Balaban J connectivity index is 2.10. The molecule has 2 rings (SSSR count). The standard InChI is InChI=1S/C37H61N7O3S/c1-11-43(12-2,13-3)19-23-45-21-17-42(18-22-46-25-26-47-24-20-44(14-4,15-5)16-6)34-28-30(7)33(27-31(34)8)40-41-37-36(39-10)32(9)35(29-38)48-37/h27-28H,11-26H2,1-9H3/q+2/b41-40+. The summed E-state index contributed by atoms with van der Waals surface area (Å²) < 4.78 is 20.3. The summed E-state index contributed by atoms with van der Waals surface area (Å²) >= 11 is 1.21. The third kappa shape index (κ3) is 11.6. The number of likely N-dealkylation sites (N-methyl/N-ethyl adjacent to an activating group) is 2. The second kappa shape index (κ2) is 21.2. The third-order valence-corrected chi connectivity index (χ3v) is 11.3. The molecule has 0 aliphatic carbocycles. The SMILES string of the molecule is [C-]#[N+]c1c(/N=N/c2cc(C)c(N(CCOCCOCC[N+](CC)(CC)CC)CCOCC[N+](CC)(CC)CC)cc2C)sc(C#N)c1C. The van der Waals surface area contributed by atoms with Gasteiger partial charge in [0.2, 0.25) is 5.69 Å². The van der Waals surface area contributed by atoms with Crippen LogP contribution in [0, 0.1) is 38.7 Å². The first-order valence-corrected chi connectivity index (χ1v) is 18.6. The molecule has 10 nitrogen and oxygen atoms in total. The number of ether oxygens (including phenoxy) is 3. The van der Waals surface area contributed by atoms with Crippen molar-refractivity contribution in [2.75, 3.05) is 110 Å². The van der Waals surface area contributed by atoms with Crippen molar-refractivity contribution < 1.29 is 23.2 Å². The van der Waals surface area contributed by atoms with Gasteiger partial charge in [-0.05, 0) is 91.1 Å². The van der Waals surface area contributed by atoms with Crippen molar-refractivity contribution in [2.45, 2.75) is 62.3 Å². The highest BCUT2D eigenvalue weighted by atomic mass is 32.1. The molecule has 0 saturated heterocycles. The number of hydrogen-bond acceptors (Lipinski definition) is 8. The minimum absolute atomic E-state index is 0.394. The van der Waals surface area contributed by atoms with Crippen LogP contribution in [-0.4, -0.2) is 114 Å². The van der Waals surface area contributed by atoms with Crippen molar-refractivity contribution >= 4 is 33.4 Å². The molecule has 0 saturated carbocycles. The van der Waals surface area contributed by atoms with E-state index in [1.165, 1.54) is 11.3 Å². The fourth-order valence-corrected chi connectivity index (χ4v) is 6.93. The molecule has 266 valence electrons. The van der Waals surface area contributed by atoms with Crippen LogP contribution in [-0.2, 0) is 14.2 Å². The van der Waals surface area contributed by atoms with E-state index >= 15 is 0 Å². The van der Waals surface area contributed by atoms with Crippen molar-refractivity contribution in [1.29, 1.82) is 5.26 Å². The number of nitriles is 1. The fourth-order valence-electron chi connectivity index (χ4n) is 6.06. The Morgan fingerprint density at radius 1 is 0.750 bits per heavy atom. The summed E-state index contributed by atoms with van der Waals surface area (Å²) in [5.41, 5.74) is 4.97. The predicted molar refractivity (Wildman–Crippen MR) is 198 cm³/mol. The number of nitrogens with zero attached hydrogens (tertiary/aromatic N) is 7. The molecule has 0 unspecified atom stereocenters. The highest BCUT2D eigenvalue weighted by Gasteiger charge is 2.21. The Bertz CT molecular complexity index is 1350. The molecule has 2 aromatic rings. The molecule has 1 heterocycles. The van der Waals surface area contributed by atoms with Gasteiger partial charge in [-0.2, -0.15) is 15.5 Å². The monoisotopic (exact) mass is 683 g/mol. The number of rotatable bonds is 24. The van der Waals surface area contributed by atoms with Crippen LogP contribution < -0.4 is 4.90 Å². The fraction of sp³-hybridized carbons (Fsp3) is 0.676. The molecule has 0 aliphatic heterocycles. The van der Waals surface area contributed by atoms with E-state index in [0.29, 0.717) is 47.6 Å². The summed E-state index contributed by atoms with van der Waals surface area (Å²) in [6, 6.07) is 6.34. The Morgan fingerprint density at radius 2 is 1.25 bits per heavy atom. The molecule has 0 fully saturated rings. The van der Waals surface area contributed by atoms with Crippen LogP contribution >= 0.6 is 11.3 Å². The van der Waals surface area contributed by atoms with Crippen LogP contribution in [0.25, 0.3) is 4.85 Å². The first-order chi connectivity index (χ1) is 23.1. The van der Waals surface area contributed by atoms with Gasteiger partial charge in [-0.25, -0.2) is 4.85 Å². The Hall–Kier alpha value is -2.90. The van der Waals surface area contributed by atoms with Crippen LogP contribution in [0.1, 0.15) is 63.1 Å². The van der Waals surface area contributed by atoms with Crippen molar-refractivity contribution in [3.05, 3.63) is 45.1 Å². The lowest BCUT2D eigenvalue weighted by Gasteiger charge is -2.35. The van der Waals surface area contributed by atoms with E-state index in [2.05, 4.69) is 80.6 Å². The predicted octanol–water partition coefficient (Wildman–Crippen LogP) is 8.12. The maximum atomic E-state index is 9.39. The summed E-state index contributed by atoms with van der Waals surface area (Å²) in [6.07, 6.45) is 0. The number of benzene rings is 1. The van der Waals surface area contributed by atoms with Crippen LogP contribution in [0.4, 0.5) is 22.1 Å². The van der Waals surface area contributed by atoms with E-state index in [-0.39, 0.29) is 0 Å². The first kappa shape index (κ1) is 41.3. The van der Waals surface area contributed by atoms with E-state index in [9.17, 15) is 5.26 Å². The molecule has 11 heteroatoms. The lowest BCUT2D eigenvalue weighted by Crippen LogP contribution is -2.49. The molecule has 0 radical (unpaired) electrons. The number of azo groups is 1. The highest BCUT2D eigenvalue weighted by molar-refractivity contribution is 7.17. The van der Waals surface area contributed by atoms with Crippen molar-refractivity contribution in [1.82, 2.24) is 0 Å². The average molecular weight is 684 g/mol. The molecule has 48 heavy (non-hydrogen) atoms. The lowest BCUT2D eigenvalue weighted by atomic mass is 10.1. The van der Waals surface area contributed by atoms with E-state index in [1.54, 1.807) is 6.92 Å². The number of anilines is 1. The molecule has 0 amide bonds. The third-order valence-electron chi connectivity index (χ3n) is 10.2. The molecule has 0 aliphatic rings. The van der Waals surface area contributed by atoms with E-state index < -0.39 is 0 Å². The van der Waals surface area contributed by atoms with Gasteiger partial charge >= 0.3 is 0 Å². The van der Waals surface area contributed by atoms with Gasteiger partial charge in [0.1, 0.15) is 24.2 Å². The normalized spacial score (nSPS) is 12.1. The van der Waals surface area contributed by atoms with Crippen LogP contribution in [0.5, 0.6) is 0 Å². The van der Waals surface area contributed by atoms with Gasteiger partial charge in [0.15, 0.2) is 0 Å². The minimum atomic E-state index is 0.394. The van der Waals surface area contributed by atoms with E-state index in [1.807, 2.05) is 13.0 Å². The van der Waals surface area contributed by atoms with Gasteiger partial charge in [0.05, 0.1) is 96.0 Å². The van der Waals surface area contributed by atoms with Gasteiger partial charge in [-0.3, -0.25) is 0 Å². The second-order valence-corrected chi connectivity index (χ2v) is 13.4. The van der Waals surface area contributed by atoms with Gasteiger partial charge in [0.25, 0.3) is 0 Å². The molecule has 1 aromatic carbocycles. The maximum absolute atomic E-state index is 9.39. The zero-order valence-electron chi connectivity index (χ0n) is 31.2. The zero-order chi connectivity index (χ0) is 35.6. The van der Waals surface area contributed by atoms with E-state index in [4.69, 9.17) is 20.8 Å². The molecular formula is C37H61N7O3S+2. The number of quaternary nitrogens is 2. The minimum Gasteiger partial charge on any atom is -0.377 e. The topological polar surface area (TPSA) is 83.8 Å². The largest absolute Gasteiger partial charge is 0.377 e. The first-order valence-electron chi connectivity index (χ1n) is 17.7. The number of thiophene rings is 1. The van der Waals surface area contributed by atoms with Crippen LogP contribution in [0.2, 0.25) is 0 Å². The number of aryl methyl sites for hydroxylation is 2. The van der Waals surface area contributed by atoms with Crippen molar-refractivity contribution in [3.63, 3.8) is 0 Å². The van der Waals surface area contributed by atoms with Gasteiger partial charge in [0, 0.05) is 18.8 Å². The van der Waals surface area contributed by atoms with Crippen LogP contribution in [0.3, 0.4) is 0 Å². The van der Waals surface area contributed by atoms with Gasteiger partial charge < -0.3 is 28.1 Å². The van der Waals surface area contributed by atoms with Gasteiger partial charge in [-0.15, -0.1) is 11.3 Å². The second-order valence-electron chi connectivity index (χ2n) is 12.4. The van der Waals surface area contributed by atoms with Crippen LogP contribution in [0.15, 0.2) is 22.4 Å². The van der Waals surface area contributed by atoms with E-state index in [0.717, 1.165) is 110 Å². The van der Waals surface area contributed by atoms with Crippen molar-refractivity contribution in [2.24, 2.45) is 10.2 Å². The van der Waals surface area contributed by atoms with Crippen molar-refractivity contribution in [3.8, 4) is 6.07 Å². The Kier molecular flexibility index (Phi) is 18.3. The molecule has 0 bridgehead atoms. The molecule has 0 N–H and O–H groups in total. The average Bonchev–Trinajstić information content (AvgIpc) is 3.42. The highest BCUT2D eigenvalue weighted by Crippen LogP contribution is 2.42. The zero-order valence-corrected chi connectivity index (χ0v) is 32.0. The van der Waals surface area contributed by atoms with Gasteiger partial charge in [-0.1, -0.05) is 0 Å². The molecular weight excluding hydrogens is 623 g/mol. The molecule has 0 atom stereocenters. The smallest absolute Gasteiger partial charge is 0.229 e. The maximum Gasteiger partial charge on any atom is 0.229 e. The number of hydrogen-bond donors (Lipinski definition) is 0. The lowest BCUT2D eigenvalue weighted by molar-refractivity contribution is -0.923. The summed E-state index contributed by atoms with van der Waals surface area (Å²) in [7, 11) is 0. The summed E-state index contributed by atoms with van der Waals surface area (Å²) in [4.78, 5) is 6.42.